The second kappa shape index (κ2) is 4.09. The number of amides is 1. The molecule has 1 aliphatic rings. The van der Waals surface area contributed by atoms with Crippen molar-refractivity contribution < 1.29 is 4.79 Å². The molecule has 1 atom stereocenters. The number of nitrogens with one attached hydrogen (secondary N) is 2. The second-order valence-corrected chi connectivity index (χ2v) is 4.80. The third kappa shape index (κ3) is 4.27. The molecule has 0 aromatic heterocycles. The predicted molar refractivity (Wildman–Crippen MR) is 53.5 cm³/mol. The van der Waals surface area contributed by atoms with Crippen molar-refractivity contribution in [3.05, 3.63) is 0 Å². The zero-order chi connectivity index (χ0) is 9.90. The largest absolute Gasteiger partial charge is 0.351 e. The van der Waals surface area contributed by atoms with E-state index >= 15 is 0 Å². The lowest BCUT2D eigenvalue weighted by Gasteiger charge is -2.21. The van der Waals surface area contributed by atoms with Gasteiger partial charge in [0.1, 0.15) is 0 Å². The van der Waals surface area contributed by atoms with E-state index < -0.39 is 0 Å². The summed E-state index contributed by atoms with van der Waals surface area (Å²) in [6.45, 7) is 7.08. The zero-order valence-corrected chi connectivity index (χ0v) is 8.81. The highest BCUT2D eigenvalue weighted by Gasteiger charge is 2.20. The maximum absolute atomic E-state index is 11.5. The first-order valence-corrected chi connectivity index (χ1v) is 5.02. The van der Waals surface area contributed by atoms with Crippen LogP contribution in [0.25, 0.3) is 0 Å². The Morgan fingerprint density at radius 2 is 2.23 bits per heavy atom. The van der Waals surface area contributed by atoms with Crippen molar-refractivity contribution >= 4 is 5.91 Å². The van der Waals surface area contributed by atoms with Crippen LogP contribution in [0.3, 0.4) is 0 Å². The molecular formula is C10H20N2O. The average Bonchev–Trinajstić information content (AvgIpc) is 2.34. The number of rotatable bonds is 2. The van der Waals surface area contributed by atoms with Crippen molar-refractivity contribution in [2.45, 2.75) is 51.6 Å². The highest BCUT2D eigenvalue weighted by molar-refractivity contribution is 5.77. The summed E-state index contributed by atoms with van der Waals surface area (Å²) in [7, 11) is 0. The third-order valence-corrected chi connectivity index (χ3v) is 2.11. The van der Waals surface area contributed by atoms with Gasteiger partial charge in [-0.1, -0.05) is 0 Å². The van der Waals surface area contributed by atoms with E-state index in [-0.39, 0.29) is 11.4 Å². The van der Waals surface area contributed by atoms with Crippen LogP contribution >= 0.6 is 0 Å². The Bertz CT molecular complexity index is 178. The summed E-state index contributed by atoms with van der Waals surface area (Å²) in [5.41, 5.74) is -0.102. The number of carbonyl (C=O) groups excluding carboxylic acids is 1. The smallest absolute Gasteiger partial charge is 0.221 e. The van der Waals surface area contributed by atoms with Gasteiger partial charge in [0, 0.05) is 18.0 Å². The molecule has 2 N–H and O–H groups in total. The van der Waals surface area contributed by atoms with Gasteiger partial charge >= 0.3 is 0 Å². The van der Waals surface area contributed by atoms with Gasteiger partial charge in [-0.3, -0.25) is 4.79 Å². The molecule has 0 saturated carbocycles. The summed E-state index contributed by atoms with van der Waals surface area (Å²) in [5.74, 6) is 0.159. The van der Waals surface area contributed by atoms with E-state index in [1.54, 1.807) is 0 Å². The topological polar surface area (TPSA) is 41.1 Å². The van der Waals surface area contributed by atoms with E-state index in [4.69, 9.17) is 0 Å². The summed E-state index contributed by atoms with van der Waals surface area (Å²) in [6, 6.07) is 0.405. The fourth-order valence-corrected chi connectivity index (χ4v) is 1.62. The molecular weight excluding hydrogens is 164 g/mol. The van der Waals surface area contributed by atoms with E-state index in [1.165, 1.54) is 6.42 Å². The van der Waals surface area contributed by atoms with Crippen molar-refractivity contribution in [2.75, 3.05) is 6.54 Å². The minimum Gasteiger partial charge on any atom is -0.351 e. The molecule has 0 aromatic carbocycles. The minimum absolute atomic E-state index is 0.102. The monoisotopic (exact) mass is 184 g/mol. The van der Waals surface area contributed by atoms with Crippen molar-refractivity contribution in [3.8, 4) is 0 Å². The Balaban J connectivity index is 2.24. The van der Waals surface area contributed by atoms with Gasteiger partial charge in [-0.05, 0) is 40.2 Å². The number of carbonyl (C=O) groups is 1. The molecule has 0 aromatic rings. The van der Waals surface area contributed by atoms with Gasteiger partial charge in [-0.2, -0.15) is 0 Å². The molecule has 3 heteroatoms. The highest BCUT2D eigenvalue weighted by atomic mass is 16.1. The van der Waals surface area contributed by atoms with Crippen molar-refractivity contribution in [1.29, 1.82) is 0 Å². The van der Waals surface area contributed by atoms with Crippen LogP contribution in [0.4, 0.5) is 0 Å². The lowest BCUT2D eigenvalue weighted by molar-refractivity contribution is -0.122. The van der Waals surface area contributed by atoms with Gasteiger partial charge in [0.15, 0.2) is 0 Å². The molecule has 1 saturated heterocycles. The lowest BCUT2D eigenvalue weighted by atomic mass is 10.1. The van der Waals surface area contributed by atoms with Crippen LogP contribution in [-0.4, -0.2) is 24.0 Å². The van der Waals surface area contributed by atoms with Crippen LogP contribution in [-0.2, 0) is 4.79 Å². The third-order valence-electron chi connectivity index (χ3n) is 2.11. The number of hydrogen-bond acceptors (Lipinski definition) is 2. The minimum atomic E-state index is -0.102. The van der Waals surface area contributed by atoms with E-state index in [1.807, 2.05) is 20.8 Å². The van der Waals surface area contributed by atoms with Gasteiger partial charge in [0.05, 0.1) is 0 Å². The average molecular weight is 184 g/mol. The first-order chi connectivity index (χ1) is 5.97. The molecule has 13 heavy (non-hydrogen) atoms. The Morgan fingerprint density at radius 3 is 2.69 bits per heavy atom. The molecule has 0 unspecified atom stereocenters. The van der Waals surface area contributed by atoms with E-state index in [2.05, 4.69) is 10.6 Å². The first kappa shape index (κ1) is 10.5. The van der Waals surface area contributed by atoms with Crippen LogP contribution in [0.2, 0.25) is 0 Å². The van der Waals surface area contributed by atoms with Gasteiger partial charge in [0.25, 0.3) is 0 Å². The summed E-state index contributed by atoms with van der Waals surface area (Å²) >= 11 is 0. The molecule has 1 rings (SSSR count). The summed E-state index contributed by atoms with van der Waals surface area (Å²) < 4.78 is 0. The second-order valence-electron chi connectivity index (χ2n) is 4.80. The van der Waals surface area contributed by atoms with Crippen LogP contribution in [0.15, 0.2) is 0 Å². The predicted octanol–water partition coefficient (Wildman–Crippen LogP) is 1.04. The maximum atomic E-state index is 11.5. The number of hydrogen-bond donors (Lipinski definition) is 2. The van der Waals surface area contributed by atoms with Crippen LogP contribution in [0, 0.1) is 0 Å². The van der Waals surface area contributed by atoms with Crippen molar-refractivity contribution in [1.82, 2.24) is 10.6 Å². The van der Waals surface area contributed by atoms with Crippen LogP contribution in [0.1, 0.15) is 40.0 Å². The molecule has 0 spiro atoms. The fraction of sp³-hybridized carbons (Fsp3) is 0.900. The van der Waals surface area contributed by atoms with Crippen LogP contribution < -0.4 is 10.6 Å². The normalized spacial score (nSPS) is 23.2. The molecule has 1 heterocycles. The summed E-state index contributed by atoms with van der Waals surface area (Å²) in [6.07, 6.45) is 2.96. The molecule has 0 radical (unpaired) electrons. The molecule has 0 aliphatic carbocycles. The van der Waals surface area contributed by atoms with E-state index in [9.17, 15) is 4.79 Å². The Labute approximate surface area is 80.3 Å². The highest BCUT2D eigenvalue weighted by Crippen LogP contribution is 2.09. The Kier molecular flexibility index (Phi) is 3.31. The summed E-state index contributed by atoms with van der Waals surface area (Å²) in [5, 5.41) is 6.28. The Morgan fingerprint density at radius 1 is 1.54 bits per heavy atom. The quantitative estimate of drug-likeness (QED) is 0.673. The van der Waals surface area contributed by atoms with Gasteiger partial charge < -0.3 is 10.6 Å². The fourth-order valence-electron chi connectivity index (χ4n) is 1.62. The van der Waals surface area contributed by atoms with E-state index in [0.717, 1.165) is 13.0 Å². The van der Waals surface area contributed by atoms with Crippen LogP contribution in [0.5, 0.6) is 0 Å². The molecule has 76 valence electrons. The van der Waals surface area contributed by atoms with Gasteiger partial charge in [-0.25, -0.2) is 0 Å². The zero-order valence-electron chi connectivity index (χ0n) is 8.81. The van der Waals surface area contributed by atoms with Crippen molar-refractivity contribution in [2.24, 2.45) is 0 Å². The first-order valence-electron chi connectivity index (χ1n) is 5.02. The van der Waals surface area contributed by atoms with E-state index in [0.29, 0.717) is 12.5 Å². The molecule has 1 amide bonds. The summed E-state index contributed by atoms with van der Waals surface area (Å²) in [4.78, 5) is 11.5. The molecule has 3 nitrogen and oxygen atoms in total. The molecule has 1 fully saturated rings. The van der Waals surface area contributed by atoms with Crippen molar-refractivity contribution in [3.63, 3.8) is 0 Å². The standard InChI is InChI=1S/C10H20N2O/c1-10(2,3)12-9(13)7-8-5-4-6-11-8/h8,11H,4-7H2,1-3H3,(H,12,13)/t8-/m0/s1. The molecule has 1 aliphatic heterocycles. The van der Waals surface area contributed by atoms with Gasteiger partial charge in [0.2, 0.25) is 5.91 Å². The lowest BCUT2D eigenvalue weighted by Crippen LogP contribution is -2.42. The SMILES string of the molecule is CC(C)(C)NC(=O)C[C@@H]1CCCN1. The van der Waals surface area contributed by atoms with Gasteiger partial charge in [-0.15, -0.1) is 0 Å². The Hall–Kier alpha value is -0.570. The molecule has 0 bridgehead atoms. The maximum Gasteiger partial charge on any atom is 0.221 e.